The minimum atomic E-state index is 0.0931. The van der Waals surface area contributed by atoms with Crippen LogP contribution in [0.3, 0.4) is 0 Å². The maximum absolute atomic E-state index is 12.1. The van der Waals surface area contributed by atoms with Crippen LogP contribution in [0, 0.1) is 23.7 Å². The Morgan fingerprint density at radius 1 is 1.17 bits per heavy atom. The van der Waals surface area contributed by atoms with E-state index >= 15 is 0 Å². The molecule has 2 saturated heterocycles. The van der Waals surface area contributed by atoms with Crippen molar-refractivity contribution in [3.8, 4) is 0 Å². The van der Waals surface area contributed by atoms with Crippen molar-refractivity contribution >= 4 is 30.2 Å². The van der Waals surface area contributed by atoms with Gasteiger partial charge in [0.05, 0.1) is 6.10 Å². The molecule has 2 heterocycles. The number of carbonyl (C=O) groups excluding carboxylic acids is 1. The average molecular weight is 437 g/mol. The maximum atomic E-state index is 12.1. The van der Waals surface area contributed by atoms with Crippen molar-refractivity contribution in [1.82, 2.24) is 9.80 Å². The molecule has 3 aliphatic rings. The Kier molecular flexibility index (Phi) is 8.75. The molecular formula is C23H37ClN4O2. The minimum Gasteiger partial charge on any atom is -0.378 e. The van der Waals surface area contributed by atoms with E-state index in [1.54, 1.807) is 6.20 Å². The first-order chi connectivity index (χ1) is 14.5. The summed E-state index contributed by atoms with van der Waals surface area (Å²) in [7, 11) is 0. The van der Waals surface area contributed by atoms with E-state index in [1.165, 1.54) is 31.2 Å². The van der Waals surface area contributed by atoms with Crippen molar-refractivity contribution in [3.63, 3.8) is 0 Å². The van der Waals surface area contributed by atoms with Crippen LogP contribution < -0.4 is 0 Å². The number of halogens is 1. The van der Waals surface area contributed by atoms with Gasteiger partial charge in [-0.15, -0.1) is 0 Å². The van der Waals surface area contributed by atoms with E-state index in [0.717, 1.165) is 63.4 Å². The Hall–Kier alpha value is -1.40. The number of hydrogen-bond acceptors (Lipinski definition) is 3. The zero-order valence-corrected chi connectivity index (χ0v) is 19.3. The second-order valence-electron chi connectivity index (χ2n) is 9.19. The quantitative estimate of drug-likeness (QED) is 0.444. The number of nitrogens with zero attached hydrogens (tertiary/aromatic N) is 4. The predicted molar refractivity (Wildman–Crippen MR) is 123 cm³/mol. The lowest BCUT2D eigenvalue weighted by atomic mass is 9.90. The Morgan fingerprint density at radius 3 is 2.43 bits per heavy atom. The third-order valence-electron chi connectivity index (χ3n) is 6.88. The van der Waals surface area contributed by atoms with E-state index in [1.807, 2.05) is 18.7 Å². The normalized spacial score (nSPS) is 26.6. The lowest BCUT2D eigenvalue weighted by molar-refractivity contribution is -0.137. The molecule has 0 unspecified atom stereocenters. The van der Waals surface area contributed by atoms with Gasteiger partial charge in [-0.3, -0.25) is 4.79 Å². The van der Waals surface area contributed by atoms with Gasteiger partial charge in [0.25, 0.3) is 0 Å². The third-order valence-corrected chi connectivity index (χ3v) is 7.00. The first-order valence-corrected chi connectivity index (χ1v) is 11.9. The summed E-state index contributed by atoms with van der Waals surface area (Å²) < 4.78 is 6.16. The molecule has 3 rings (SSSR count). The lowest BCUT2D eigenvalue weighted by Gasteiger charge is -2.33. The van der Waals surface area contributed by atoms with Crippen molar-refractivity contribution in [3.05, 3.63) is 11.7 Å². The van der Waals surface area contributed by atoms with E-state index in [-0.39, 0.29) is 11.8 Å². The molecule has 1 aliphatic carbocycles. The van der Waals surface area contributed by atoms with Crippen LogP contribution >= 0.6 is 11.6 Å². The highest BCUT2D eigenvalue weighted by Gasteiger charge is 2.43. The van der Waals surface area contributed by atoms with Crippen LogP contribution in [0.4, 0.5) is 0 Å². The summed E-state index contributed by atoms with van der Waals surface area (Å²) in [5.74, 6) is 3.54. The fourth-order valence-electron chi connectivity index (χ4n) is 5.02. The number of aliphatic imine (C=N–C) groups is 2. The van der Waals surface area contributed by atoms with Crippen molar-refractivity contribution in [2.75, 3.05) is 32.8 Å². The molecule has 0 bridgehead atoms. The fourth-order valence-corrected chi connectivity index (χ4v) is 5.08. The van der Waals surface area contributed by atoms with Crippen molar-refractivity contribution in [1.29, 1.82) is 0 Å². The minimum absolute atomic E-state index is 0.0931. The Labute approximate surface area is 186 Å². The molecule has 0 aromatic heterocycles. The van der Waals surface area contributed by atoms with Gasteiger partial charge in [-0.25, -0.2) is 9.98 Å². The Bertz CT molecular complexity index is 635. The second-order valence-corrected chi connectivity index (χ2v) is 9.44. The lowest BCUT2D eigenvalue weighted by Crippen LogP contribution is -2.42. The average Bonchev–Trinajstić information content (AvgIpc) is 3.54. The first-order valence-electron chi connectivity index (χ1n) is 11.5. The highest BCUT2D eigenvalue weighted by atomic mass is 35.5. The molecule has 0 spiro atoms. The van der Waals surface area contributed by atoms with Gasteiger partial charge in [0.15, 0.2) is 0 Å². The van der Waals surface area contributed by atoms with Gasteiger partial charge in [-0.2, -0.15) is 0 Å². The Balaban J connectivity index is 1.30. The van der Waals surface area contributed by atoms with Gasteiger partial charge in [-0.05, 0) is 63.0 Å². The zero-order chi connectivity index (χ0) is 21.5. The van der Waals surface area contributed by atoms with Crippen LogP contribution in [0.25, 0.3) is 0 Å². The van der Waals surface area contributed by atoms with E-state index in [2.05, 4.69) is 21.6 Å². The summed E-state index contributed by atoms with van der Waals surface area (Å²) in [4.78, 5) is 24.6. The topological polar surface area (TPSA) is 57.5 Å². The molecule has 2 aliphatic heterocycles. The van der Waals surface area contributed by atoms with Crippen molar-refractivity contribution < 1.29 is 9.53 Å². The van der Waals surface area contributed by atoms with E-state index in [9.17, 15) is 4.79 Å². The smallest absolute Gasteiger partial charge is 0.225 e. The summed E-state index contributed by atoms with van der Waals surface area (Å²) in [6.45, 7) is 12.1. The van der Waals surface area contributed by atoms with E-state index in [0.29, 0.717) is 12.1 Å². The van der Waals surface area contributed by atoms with Crippen LogP contribution in [-0.4, -0.2) is 67.3 Å². The zero-order valence-electron chi connectivity index (χ0n) is 18.5. The van der Waals surface area contributed by atoms with Crippen LogP contribution in [0.1, 0.15) is 52.4 Å². The highest BCUT2D eigenvalue weighted by molar-refractivity contribution is 6.25. The van der Waals surface area contributed by atoms with Gasteiger partial charge in [0, 0.05) is 50.4 Å². The predicted octanol–water partition coefficient (Wildman–Crippen LogP) is 4.15. The molecule has 30 heavy (non-hydrogen) atoms. The van der Waals surface area contributed by atoms with Gasteiger partial charge < -0.3 is 14.5 Å². The van der Waals surface area contributed by atoms with E-state index < -0.39 is 0 Å². The van der Waals surface area contributed by atoms with Crippen LogP contribution in [0.2, 0.25) is 0 Å². The first kappa shape index (κ1) is 23.3. The number of piperidine rings is 2. The second kappa shape index (κ2) is 11.3. The summed E-state index contributed by atoms with van der Waals surface area (Å²) >= 11 is 5.56. The summed E-state index contributed by atoms with van der Waals surface area (Å²) in [5, 5.41) is 0. The molecule has 168 valence electrons. The van der Waals surface area contributed by atoms with Crippen LogP contribution in [0.15, 0.2) is 21.7 Å². The standard InChI is InChI=1S/C23H37ClN4O2/c1-17(2)22(29)27-13-6-20(7-14-27)30-15-8-19-16-21(19)18-4-11-28(12-5-18)23(25-3)26-10-9-24/h9-10,17-21H,3-8,11-16H2,1-2H3/b10-9+,26-23?/t19-,21-/m1/s1. The SMILES string of the molecule is C=NC(=N/C=C/Cl)N1CCC([C@H]2C[C@H]2CCOC2CCN(C(=O)C(C)C)CC2)CC1. The monoisotopic (exact) mass is 436 g/mol. The molecule has 0 N–H and O–H groups in total. The largest absolute Gasteiger partial charge is 0.378 e. The number of hydrogen-bond donors (Lipinski definition) is 0. The van der Waals surface area contributed by atoms with Crippen LogP contribution in [-0.2, 0) is 9.53 Å². The number of likely N-dealkylation sites (tertiary alicyclic amines) is 2. The molecule has 7 heteroatoms. The number of carbonyl (C=O) groups is 1. The van der Waals surface area contributed by atoms with Gasteiger partial charge >= 0.3 is 0 Å². The van der Waals surface area contributed by atoms with Gasteiger partial charge in [-0.1, -0.05) is 25.4 Å². The molecule has 1 amide bonds. The summed E-state index contributed by atoms with van der Waals surface area (Å²) in [6, 6.07) is 0. The van der Waals surface area contributed by atoms with Crippen molar-refractivity contribution in [2.24, 2.45) is 33.7 Å². The number of rotatable bonds is 7. The fraction of sp³-hybridized carbons (Fsp3) is 0.783. The molecular weight excluding hydrogens is 400 g/mol. The van der Waals surface area contributed by atoms with Crippen molar-refractivity contribution in [2.45, 2.75) is 58.5 Å². The number of guanidine groups is 1. The van der Waals surface area contributed by atoms with E-state index in [4.69, 9.17) is 16.3 Å². The number of amides is 1. The molecule has 0 radical (unpaired) electrons. The summed E-state index contributed by atoms with van der Waals surface area (Å²) in [5.41, 5.74) is 1.39. The third kappa shape index (κ3) is 6.30. The molecule has 3 fully saturated rings. The highest BCUT2D eigenvalue weighted by Crippen LogP contribution is 2.49. The molecule has 1 saturated carbocycles. The number of ether oxygens (including phenoxy) is 1. The van der Waals surface area contributed by atoms with Crippen LogP contribution in [0.5, 0.6) is 0 Å². The molecule has 6 nitrogen and oxygen atoms in total. The molecule has 0 aromatic rings. The Morgan fingerprint density at radius 2 is 1.83 bits per heavy atom. The van der Waals surface area contributed by atoms with Gasteiger partial charge in [0.2, 0.25) is 11.9 Å². The molecule has 2 atom stereocenters. The summed E-state index contributed by atoms with van der Waals surface area (Å²) in [6.07, 6.45) is 8.76. The molecule has 0 aromatic carbocycles. The van der Waals surface area contributed by atoms with Gasteiger partial charge in [0.1, 0.15) is 0 Å². The maximum Gasteiger partial charge on any atom is 0.225 e.